The number of fused-ring (bicyclic) bond motifs is 2. The maximum Gasteiger partial charge on any atom is 0.151 e. The number of aromatic nitrogens is 3. The lowest BCUT2D eigenvalue weighted by molar-refractivity contribution is 0.0308. The fourth-order valence-electron chi connectivity index (χ4n) is 4.00. The van der Waals surface area contributed by atoms with Crippen LogP contribution >= 0.6 is 11.8 Å². The van der Waals surface area contributed by atoms with Gasteiger partial charge in [0.25, 0.3) is 0 Å². The fraction of sp³-hybridized carbons (Fsp3) is 0.238. The Kier molecular flexibility index (Phi) is 4.63. The zero-order valence-corrected chi connectivity index (χ0v) is 16.3. The molecule has 0 spiro atoms. The van der Waals surface area contributed by atoms with E-state index < -0.39 is 18.2 Å². The van der Waals surface area contributed by atoms with Gasteiger partial charge < -0.3 is 26.2 Å². The first-order chi connectivity index (χ1) is 14.1. The number of nitrogens with two attached hydrogens (primary N) is 1. The van der Waals surface area contributed by atoms with E-state index in [-0.39, 0.29) is 6.04 Å². The van der Waals surface area contributed by atoms with Gasteiger partial charge in [-0.2, -0.15) is 0 Å². The number of benzene rings is 2. The molecule has 8 heteroatoms. The van der Waals surface area contributed by atoms with E-state index in [9.17, 15) is 10.2 Å². The lowest BCUT2D eigenvalue weighted by atomic mass is 10.0. The van der Waals surface area contributed by atoms with Crippen LogP contribution in [-0.2, 0) is 0 Å². The van der Waals surface area contributed by atoms with E-state index in [1.165, 1.54) is 17.1 Å². The molecular formula is C21H21N5O2S. The number of thioether (sulfide) groups is 1. The van der Waals surface area contributed by atoms with Crippen LogP contribution in [0.25, 0.3) is 21.8 Å². The van der Waals surface area contributed by atoms with E-state index in [1.807, 2.05) is 18.2 Å². The van der Waals surface area contributed by atoms with Gasteiger partial charge in [-0.25, -0.2) is 9.97 Å². The molecule has 2 aromatic heterocycles. The summed E-state index contributed by atoms with van der Waals surface area (Å²) in [5.74, 6) is 0.986. The lowest BCUT2D eigenvalue weighted by Crippen LogP contribution is -2.35. The smallest absolute Gasteiger partial charge is 0.151 e. The van der Waals surface area contributed by atoms with Crippen molar-refractivity contribution in [2.45, 2.75) is 29.2 Å². The van der Waals surface area contributed by atoms with Crippen molar-refractivity contribution in [2.24, 2.45) is 0 Å². The van der Waals surface area contributed by atoms with Crippen LogP contribution in [0.5, 0.6) is 0 Å². The Morgan fingerprint density at radius 1 is 1.03 bits per heavy atom. The average Bonchev–Trinajstić information content (AvgIpc) is 3.29. The van der Waals surface area contributed by atoms with Crippen molar-refractivity contribution < 1.29 is 10.2 Å². The quantitative estimate of drug-likeness (QED) is 0.329. The first kappa shape index (κ1) is 18.4. The van der Waals surface area contributed by atoms with E-state index in [0.717, 1.165) is 10.5 Å². The normalized spacial score (nSPS) is 24.5. The van der Waals surface area contributed by atoms with Gasteiger partial charge in [-0.05, 0) is 16.8 Å². The Labute approximate surface area is 171 Å². The molecule has 0 amide bonds. The largest absolute Gasteiger partial charge is 0.389 e. The highest BCUT2D eigenvalue weighted by molar-refractivity contribution is 7.99. The van der Waals surface area contributed by atoms with Gasteiger partial charge in [-0.15, -0.1) is 11.8 Å². The topological polar surface area (TPSA) is 120 Å². The molecule has 1 fully saturated rings. The Hall–Kier alpha value is -2.65. The van der Waals surface area contributed by atoms with E-state index in [4.69, 9.17) is 5.73 Å². The molecule has 1 aliphatic heterocycles. The summed E-state index contributed by atoms with van der Waals surface area (Å²) in [7, 11) is 0. The van der Waals surface area contributed by atoms with E-state index >= 15 is 0 Å². The van der Waals surface area contributed by atoms with Gasteiger partial charge in [0, 0.05) is 28.5 Å². The zero-order valence-electron chi connectivity index (χ0n) is 15.5. The van der Waals surface area contributed by atoms with E-state index in [1.54, 1.807) is 18.0 Å². The molecule has 2 aromatic carbocycles. The molecule has 0 radical (unpaired) electrons. The van der Waals surface area contributed by atoms with Gasteiger partial charge in [0.1, 0.15) is 17.9 Å². The second-order valence-electron chi connectivity index (χ2n) is 7.25. The highest BCUT2D eigenvalue weighted by Gasteiger charge is 2.42. The van der Waals surface area contributed by atoms with Gasteiger partial charge in [-0.3, -0.25) is 0 Å². The number of hydrogen-bond donors (Lipinski definition) is 5. The predicted molar refractivity (Wildman–Crippen MR) is 115 cm³/mol. The van der Waals surface area contributed by atoms with Crippen molar-refractivity contribution in [1.82, 2.24) is 20.3 Å². The van der Waals surface area contributed by atoms with Gasteiger partial charge in [0.15, 0.2) is 5.82 Å². The summed E-state index contributed by atoms with van der Waals surface area (Å²) in [5.41, 5.74) is 7.97. The molecule has 0 saturated carbocycles. The summed E-state index contributed by atoms with van der Waals surface area (Å²) < 4.78 is 0. The van der Waals surface area contributed by atoms with Crippen molar-refractivity contribution in [3.05, 3.63) is 60.6 Å². The second-order valence-corrected chi connectivity index (χ2v) is 8.31. The summed E-state index contributed by atoms with van der Waals surface area (Å²) in [4.78, 5) is 12.5. The van der Waals surface area contributed by atoms with Crippen LogP contribution in [0.2, 0.25) is 0 Å². The maximum atomic E-state index is 10.7. The van der Waals surface area contributed by atoms with Crippen LogP contribution in [0, 0.1) is 0 Å². The van der Waals surface area contributed by atoms with Crippen molar-refractivity contribution in [3.63, 3.8) is 0 Å². The summed E-state index contributed by atoms with van der Waals surface area (Å²) in [6.07, 6.45) is 1.35. The molecular weight excluding hydrogens is 386 g/mol. The molecule has 29 heavy (non-hydrogen) atoms. The first-order valence-corrected chi connectivity index (χ1v) is 10.4. The molecule has 7 nitrogen and oxygen atoms in total. The number of aliphatic hydroxyl groups is 2. The number of rotatable bonds is 4. The van der Waals surface area contributed by atoms with Crippen LogP contribution in [0.4, 0.5) is 5.82 Å². The van der Waals surface area contributed by atoms with Gasteiger partial charge in [0.05, 0.1) is 17.7 Å². The molecule has 0 bridgehead atoms. The van der Waals surface area contributed by atoms with Crippen molar-refractivity contribution in [2.75, 3.05) is 11.5 Å². The number of aromatic amines is 1. The molecule has 1 aliphatic rings. The van der Waals surface area contributed by atoms with Crippen molar-refractivity contribution in [1.29, 1.82) is 0 Å². The minimum absolute atomic E-state index is 0.261. The fourth-order valence-corrected chi connectivity index (χ4v) is 5.17. The number of nitrogens with zero attached hydrogens (tertiary/aromatic N) is 2. The highest BCUT2D eigenvalue weighted by atomic mass is 32.2. The number of aliphatic hydroxyl groups excluding tert-OH is 2. The second kappa shape index (κ2) is 7.31. The predicted octanol–water partition coefficient (Wildman–Crippen LogP) is 2.22. The van der Waals surface area contributed by atoms with E-state index in [2.05, 4.69) is 44.5 Å². The SMILES string of the molecule is Nc1ncnc2c([C@@H]3N[C@H](CSc4cccc5ccccc45)[C@@H](O)[C@H]3O)c[nH]c12. The third kappa shape index (κ3) is 3.14. The summed E-state index contributed by atoms with van der Waals surface area (Å²) in [5, 5.41) is 27.1. The number of nitrogen functional groups attached to an aromatic ring is 1. The van der Waals surface area contributed by atoms with Gasteiger partial charge in [0.2, 0.25) is 0 Å². The molecule has 5 rings (SSSR count). The third-order valence-electron chi connectivity index (χ3n) is 5.52. The minimum atomic E-state index is -0.941. The van der Waals surface area contributed by atoms with Crippen LogP contribution in [0.3, 0.4) is 0 Å². The van der Waals surface area contributed by atoms with Crippen LogP contribution < -0.4 is 11.1 Å². The average molecular weight is 407 g/mol. The number of anilines is 1. The first-order valence-electron chi connectivity index (χ1n) is 9.43. The monoisotopic (exact) mass is 407 g/mol. The molecule has 6 N–H and O–H groups in total. The molecule has 0 aliphatic carbocycles. The standard InChI is InChI=1S/C21H21N5O2S/c22-21-18-16(24-10-25-21)13(8-23-18)17-20(28)19(27)14(26-17)9-29-15-7-3-5-11-4-1-2-6-12(11)15/h1-8,10,14,17,19-20,23,26-28H,9H2,(H2,22,24,25)/t14-,17+,19-,20+/m1/s1. The highest BCUT2D eigenvalue weighted by Crippen LogP contribution is 2.35. The molecule has 148 valence electrons. The lowest BCUT2D eigenvalue weighted by Gasteiger charge is -2.16. The number of hydrogen-bond acceptors (Lipinski definition) is 7. The summed E-state index contributed by atoms with van der Waals surface area (Å²) in [6.45, 7) is 0. The van der Waals surface area contributed by atoms with Crippen molar-refractivity contribution >= 4 is 39.4 Å². The third-order valence-corrected chi connectivity index (χ3v) is 6.72. The number of nitrogens with one attached hydrogen (secondary N) is 2. The molecule has 3 heterocycles. The summed E-state index contributed by atoms with van der Waals surface area (Å²) >= 11 is 1.67. The zero-order chi connectivity index (χ0) is 20.0. The molecule has 1 saturated heterocycles. The van der Waals surface area contributed by atoms with Crippen LogP contribution in [-0.4, -0.2) is 49.2 Å². The van der Waals surface area contributed by atoms with Gasteiger partial charge in [-0.1, -0.05) is 36.4 Å². The Bertz CT molecular complexity index is 1170. The van der Waals surface area contributed by atoms with E-state index in [0.29, 0.717) is 22.6 Å². The van der Waals surface area contributed by atoms with Crippen LogP contribution in [0.1, 0.15) is 11.6 Å². The number of H-pyrrole nitrogens is 1. The Morgan fingerprint density at radius 3 is 2.76 bits per heavy atom. The summed E-state index contributed by atoms with van der Waals surface area (Å²) in [6, 6.07) is 13.8. The van der Waals surface area contributed by atoms with Crippen LogP contribution in [0.15, 0.2) is 59.9 Å². The van der Waals surface area contributed by atoms with Crippen molar-refractivity contribution in [3.8, 4) is 0 Å². The maximum absolute atomic E-state index is 10.7. The Balaban J connectivity index is 1.38. The molecule has 4 aromatic rings. The minimum Gasteiger partial charge on any atom is -0.389 e. The molecule has 4 atom stereocenters. The Morgan fingerprint density at radius 2 is 1.86 bits per heavy atom. The van der Waals surface area contributed by atoms with Gasteiger partial charge >= 0.3 is 0 Å². The molecule has 0 unspecified atom stereocenters.